The van der Waals surface area contributed by atoms with Gasteiger partial charge >= 0.3 is 0 Å². The topological polar surface area (TPSA) is 17.8 Å². The number of aromatic nitrogens is 2. The van der Waals surface area contributed by atoms with E-state index >= 15 is 0 Å². The Kier molecular flexibility index (Phi) is 6.01. The standard InChI is InChI=1S/C52H32N2/c1-3-16-34(17-4-1)51-53-47-31-35(28-30-48(47)54(51)36-18-5-2-6-19-36)43-32-46-49(41-24-10-9-21-38(41)43)42-29-27-33-15-7-8-20-37(33)50(42)52(46)44-25-13-11-22-39(44)40-23-12-14-26-45(40)52/h1-32H. The summed E-state index contributed by atoms with van der Waals surface area (Å²) in [5.74, 6) is 0.938. The van der Waals surface area contributed by atoms with Gasteiger partial charge < -0.3 is 0 Å². The Labute approximate surface area is 313 Å². The van der Waals surface area contributed by atoms with Crippen molar-refractivity contribution in [3.05, 3.63) is 216 Å². The molecule has 10 aromatic rings. The first-order chi connectivity index (χ1) is 26.8. The Balaban J connectivity index is 1.19. The molecule has 250 valence electrons. The Morgan fingerprint density at radius 3 is 1.80 bits per heavy atom. The molecule has 0 fully saturated rings. The van der Waals surface area contributed by atoms with Crippen LogP contribution in [-0.2, 0) is 5.41 Å². The van der Waals surface area contributed by atoms with Crippen LogP contribution in [0.25, 0.3) is 83.0 Å². The number of benzene rings is 9. The molecule has 2 heteroatoms. The Hall–Kier alpha value is -7.03. The van der Waals surface area contributed by atoms with Gasteiger partial charge in [-0.05, 0) is 108 Å². The van der Waals surface area contributed by atoms with E-state index in [4.69, 9.17) is 4.98 Å². The van der Waals surface area contributed by atoms with Crippen molar-refractivity contribution in [3.63, 3.8) is 0 Å². The van der Waals surface area contributed by atoms with Crippen molar-refractivity contribution in [1.29, 1.82) is 0 Å². The van der Waals surface area contributed by atoms with Gasteiger partial charge in [0.15, 0.2) is 0 Å². The van der Waals surface area contributed by atoms with Gasteiger partial charge in [0.2, 0.25) is 0 Å². The third-order valence-corrected chi connectivity index (χ3v) is 12.0. The molecule has 0 amide bonds. The highest BCUT2D eigenvalue weighted by Crippen LogP contribution is 2.65. The molecule has 0 bridgehead atoms. The zero-order chi connectivity index (χ0) is 35.4. The van der Waals surface area contributed by atoms with Crippen LogP contribution in [0.4, 0.5) is 0 Å². The quantitative estimate of drug-likeness (QED) is 0.181. The first-order valence-electron chi connectivity index (χ1n) is 18.7. The number of fused-ring (bicyclic) bond motifs is 15. The molecule has 2 aliphatic rings. The smallest absolute Gasteiger partial charge is 0.145 e. The first-order valence-corrected chi connectivity index (χ1v) is 18.7. The Bertz CT molecular complexity index is 3110. The lowest BCUT2D eigenvalue weighted by molar-refractivity contribution is 0.802. The predicted octanol–water partition coefficient (Wildman–Crippen LogP) is 13.0. The third-order valence-electron chi connectivity index (χ3n) is 12.0. The van der Waals surface area contributed by atoms with Crippen molar-refractivity contribution in [3.8, 4) is 50.5 Å². The Morgan fingerprint density at radius 1 is 0.407 bits per heavy atom. The second kappa shape index (κ2) is 11.0. The summed E-state index contributed by atoms with van der Waals surface area (Å²) in [5.41, 5.74) is 16.9. The lowest BCUT2D eigenvalue weighted by atomic mass is 9.69. The number of rotatable bonds is 3. The molecule has 9 aromatic carbocycles. The predicted molar refractivity (Wildman–Crippen MR) is 223 cm³/mol. The van der Waals surface area contributed by atoms with Gasteiger partial charge in [0.1, 0.15) is 5.82 Å². The summed E-state index contributed by atoms with van der Waals surface area (Å²) in [4.78, 5) is 5.36. The fourth-order valence-corrected chi connectivity index (χ4v) is 9.88. The molecular weight excluding hydrogens is 653 g/mol. The number of nitrogens with zero attached hydrogens (tertiary/aromatic N) is 2. The molecule has 0 N–H and O–H groups in total. The van der Waals surface area contributed by atoms with Crippen molar-refractivity contribution in [2.75, 3.05) is 0 Å². The normalized spacial score (nSPS) is 13.3. The summed E-state index contributed by atoms with van der Waals surface area (Å²) in [6.07, 6.45) is 0. The van der Waals surface area contributed by atoms with Crippen LogP contribution in [0.2, 0.25) is 0 Å². The molecule has 1 spiro atoms. The van der Waals surface area contributed by atoms with Gasteiger partial charge in [0, 0.05) is 11.3 Å². The highest BCUT2D eigenvalue weighted by molar-refractivity contribution is 6.14. The highest BCUT2D eigenvalue weighted by atomic mass is 15.1. The first kappa shape index (κ1) is 29.5. The fraction of sp³-hybridized carbons (Fsp3) is 0.0192. The van der Waals surface area contributed by atoms with E-state index in [9.17, 15) is 0 Å². The molecular formula is C52H32N2. The average molecular weight is 685 g/mol. The van der Waals surface area contributed by atoms with E-state index in [1.807, 2.05) is 0 Å². The van der Waals surface area contributed by atoms with Crippen LogP contribution in [0.15, 0.2) is 194 Å². The van der Waals surface area contributed by atoms with E-state index in [2.05, 4.69) is 199 Å². The zero-order valence-electron chi connectivity index (χ0n) is 29.4. The van der Waals surface area contributed by atoms with E-state index in [1.54, 1.807) is 0 Å². The third kappa shape index (κ3) is 3.81. The summed E-state index contributed by atoms with van der Waals surface area (Å²) in [6, 6.07) is 71.3. The molecule has 0 saturated heterocycles. The van der Waals surface area contributed by atoms with Crippen molar-refractivity contribution < 1.29 is 0 Å². The fourth-order valence-electron chi connectivity index (χ4n) is 9.88. The van der Waals surface area contributed by atoms with Crippen molar-refractivity contribution in [2.45, 2.75) is 5.41 Å². The molecule has 2 aliphatic carbocycles. The van der Waals surface area contributed by atoms with Crippen LogP contribution in [0, 0.1) is 0 Å². The van der Waals surface area contributed by atoms with Crippen LogP contribution in [0.3, 0.4) is 0 Å². The van der Waals surface area contributed by atoms with E-state index in [1.165, 1.54) is 71.6 Å². The number of hydrogen-bond donors (Lipinski definition) is 0. The van der Waals surface area contributed by atoms with Gasteiger partial charge in [0.25, 0.3) is 0 Å². The zero-order valence-corrected chi connectivity index (χ0v) is 29.4. The average Bonchev–Trinajstić information content (AvgIpc) is 3.88. The van der Waals surface area contributed by atoms with Crippen molar-refractivity contribution >= 4 is 32.6 Å². The second-order valence-corrected chi connectivity index (χ2v) is 14.6. The number of imidazole rings is 1. The van der Waals surface area contributed by atoms with E-state index in [-0.39, 0.29) is 0 Å². The van der Waals surface area contributed by atoms with Crippen molar-refractivity contribution in [1.82, 2.24) is 9.55 Å². The summed E-state index contributed by atoms with van der Waals surface area (Å²) < 4.78 is 2.29. The lowest BCUT2D eigenvalue weighted by Crippen LogP contribution is -2.26. The SMILES string of the molecule is c1ccc(-c2nc3cc(-c4cc5c(c6ccccc46)-c4ccc6ccccc6c4C54c5ccccc5-c5ccccc54)ccc3n2-c2ccccc2)cc1. The molecule has 12 rings (SSSR count). The van der Waals surface area contributed by atoms with Crippen molar-refractivity contribution in [2.24, 2.45) is 0 Å². The minimum Gasteiger partial charge on any atom is -0.292 e. The summed E-state index contributed by atoms with van der Waals surface area (Å²) in [6.45, 7) is 0. The molecule has 1 aromatic heterocycles. The minimum atomic E-state index is -0.475. The summed E-state index contributed by atoms with van der Waals surface area (Å²) >= 11 is 0. The molecule has 0 aliphatic heterocycles. The molecule has 0 unspecified atom stereocenters. The van der Waals surface area contributed by atoms with Gasteiger partial charge in [-0.25, -0.2) is 4.98 Å². The van der Waals surface area contributed by atoms with E-state index < -0.39 is 5.41 Å². The molecule has 0 atom stereocenters. The van der Waals surface area contributed by atoms with Crippen LogP contribution >= 0.6 is 0 Å². The highest BCUT2D eigenvalue weighted by Gasteiger charge is 2.53. The molecule has 0 radical (unpaired) electrons. The molecule has 1 heterocycles. The van der Waals surface area contributed by atoms with Crippen LogP contribution < -0.4 is 0 Å². The number of para-hydroxylation sites is 1. The second-order valence-electron chi connectivity index (χ2n) is 14.6. The van der Waals surface area contributed by atoms with Gasteiger partial charge in [-0.1, -0.05) is 164 Å². The van der Waals surface area contributed by atoms with Gasteiger partial charge in [-0.2, -0.15) is 0 Å². The lowest BCUT2D eigenvalue weighted by Gasteiger charge is -2.32. The van der Waals surface area contributed by atoms with Crippen LogP contribution in [-0.4, -0.2) is 9.55 Å². The van der Waals surface area contributed by atoms with Crippen LogP contribution in [0.1, 0.15) is 22.3 Å². The maximum absolute atomic E-state index is 5.36. The van der Waals surface area contributed by atoms with E-state index in [0.717, 1.165) is 33.7 Å². The Morgan fingerprint density at radius 2 is 1.04 bits per heavy atom. The van der Waals surface area contributed by atoms with Crippen LogP contribution in [0.5, 0.6) is 0 Å². The van der Waals surface area contributed by atoms with Gasteiger partial charge in [-0.3, -0.25) is 4.57 Å². The summed E-state index contributed by atoms with van der Waals surface area (Å²) in [5, 5.41) is 5.10. The van der Waals surface area contributed by atoms with Gasteiger partial charge in [-0.15, -0.1) is 0 Å². The molecule has 0 saturated carbocycles. The maximum Gasteiger partial charge on any atom is 0.145 e. The molecule has 54 heavy (non-hydrogen) atoms. The monoisotopic (exact) mass is 684 g/mol. The number of hydrogen-bond acceptors (Lipinski definition) is 1. The largest absolute Gasteiger partial charge is 0.292 e. The maximum atomic E-state index is 5.36. The summed E-state index contributed by atoms with van der Waals surface area (Å²) in [7, 11) is 0. The van der Waals surface area contributed by atoms with Gasteiger partial charge in [0.05, 0.1) is 16.4 Å². The van der Waals surface area contributed by atoms with E-state index in [0.29, 0.717) is 0 Å². The molecule has 2 nitrogen and oxygen atoms in total. The minimum absolute atomic E-state index is 0.475.